The first-order valence-corrected chi connectivity index (χ1v) is 4.89. The molecule has 0 saturated heterocycles. The van der Waals surface area contributed by atoms with Gasteiger partial charge in [-0.05, 0) is 18.8 Å². The number of amides is 1. The van der Waals surface area contributed by atoms with Gasteiger partial charge in [-0.2, -0.15) is 0 Å². The molecule has 0 radical (unpaired) electrons. The summed E-state index contributed by atoms with van der Waals surface area (Å²) < 4.78 is 0. The highest BCUT2D eigenvalue weighted by Gasteiger charge is 2.13. The SMILES string of the molecule is CCC(CC)C(=O)NCC(C)C. The summed E-state index contributed by atoms with van der Waals surface area (Å²) in [6, 6.07) is 0. The van der Waals surface area contributed by atoms with Crippen LogP contribution in [0.25, 0.3) is 0 Å². The van der Waals surface area contributed by atoms with Gasteiger partial charge < -0.3 is 5.32 Å². The van der Waals surface area contributed by atoms with Gasteiger partial charge in [0.2, 0.25) is 5.91 Å². The number of rotatable bonds is 5. The Morgan fingerprint density at radius 1 is 1.25 bits per heavy atom. The molecule has 1 N–H and O–H groups in total. The summed E-state index contributed by atoms with van der Waals surface area (Å²) in [5, 5.41) is 2.95. The maximum atomic E-state index is 11.4. The second-order valence-electron chi connectivity index (χ2n) is 3.65. The molecule has 72 valence electrons. The number of hydrogen-bond donors (Lipinski definition) is 1. The summed E-state index contributed by atoms with van der Waals surface area (Å²) in [7, 11) is 0. The average Bonchev–Trinajstić information content (AvgIpc) is 2.03. The van der Waals surface area contributed by atoms with E-state index in [-0.39, 0.29) is 11.8 Å². The van der Waals surface area contributed by atoms with Crippen LogP contribution in [0, 0.1) is 11.8 Å². The molecular formula is C10H21NO. The number of carbonyl (C=O) groups excluding carboxylic acids is 1. The molecule has 0 heterocycles. The molecule has 2 nitrogen and oxygen atoms in total. The third-order valence-corrected chi connectivity index (χ3v) is 2.04. The summed E-state index contributed by atoms with van der Waals surface area (Å²) in [5.74, 6) is 0.973. The van der Waals surface area contributed by atoms with E-state index in [9.17, 15) is 4.79 Å². The van der Waals surface area contributed by atoms with Crippen molar-refractivity contribution in [2.45, 2.75) is 40.5 Å². The minimum absolute atomic E-state index is 0.212. The van der Waals surface area contributed by atoms with Crippen LogP contribution >= 0.6 is 0 Å². The lowest BCUT2D eigenvalue weighted by Gasteiger charge is -2.13. The van der Waals surface area contributed by atoms with E-state index in [1.807, 2.05) is 0 Å². The molecule has 0 saturated carbocycles. The highest BCUT2D eigenvalue weighted by Crippen LogP contribution is 2.06. The second-order valence-corrected chi connectivity index (χ2v) is 3.65. The molecule has 0 aromatic rings. The van der Waals surface area contributed by atoms with Crippen LogP contribution in [0.5, 0.6) is 0 Å². The molecule has 0 spiro atoms. The van der Waals surface area contributed by atoms with Crippen molar-refractivity contribution in [1.82, 2.24) is 5.32 Å². The Hall–Kier alpha value is -0.530. The first-order valence-electron chi connectivity index (χ1n) is 4.89. The van der Waals surface area contributed by atoms with Gasteiger partial charge in [0.1, 0.15) is 0 Å². The zero-order chi connectivity index (χ0) is 9.56. The van der Waals surface area contributed by atoms with Gasteiger partial charge in [-0.15, -0.1) is 0 Å². The van der Waals surface area contributed by atoms with Gasteiger partial charge in [-0.1, -0.05) is 27.7 Å². The van der Waals surface area contributed by atoms with Gasteiger partial charge >= 0.3 is 0 Å². The fraction of sp³-hybridized carbons (Fsp3) is 0.900. The van der Waals surface area contributed by atoms with E-state index < -0.39 is 0 Å². The molecule has 0 rings (SSSR count). The molecule has 0 aliphatic carbocycles. The maximum Gasteiger partial charge on any atom is 0.223 e. The topological polar surface area (TPSA) is 29.1 Å². The Morgan fingerprint density at radius 3 is 2.08 bits per heavy atom. The van der Waals surface area contributed by atoms with Crippen LogP contribution in [0.4, 0.5) is 0 Å². The Balaban J connectivity index is 3.69. The van der Waals surface area contributed by atoms with Gasteiger partial charge in [-0.3, -0.25) is 4.79 Å². The minimum Gasteiger partial charge on any atom is -0.356 e. The second kappa shape index (κ2) is 6.04. The summed E-state index contributed by atoms with van der Waals surface area (Å²) in [5.41, 5.74) is 0. The molecule has 0 aliphatic heterocycles. The molecule has 2 heteroatoms. The van der Waals surface area contributed by atoms with Gasteiger partial charge in [0, 0.05) is 12.5 Å². The van der Waals surface area contributed by atoms with Crippen molar-refractivity contribution in [3.8, 4) is 0 Å². The zero-order valence-corrected chi connectivity index (χ0v) is 8.68. The van der Waals surface area contributed by atoms with E-state index in [0.29, 0.717) is 5.92 Å². The van der Waals surface area contributed by atoms with E-state index in [4.69, 9.17) is 0 Å². The van der Waals surface area contributed by atoms with E-state index >= 15 is 0 Å². The number of carbonyl (C=O) groups is 1. The quantitative estimate of drug-likeness (QED) is 0.675. The van der Waals surface area contributed by atoms with Crippen molar-refractivity contribution < 1.29 is 4.79 Å². The number of nitrogens with one attached hydrogen (secondary N) is 1. The van der Waals surface area contributed by atoms with E-state index in [1.54, 1.807) is 0 Å². The predicted octanol–water partition coefficient (Wildman–Crippen LogP) is 2.19. The van der Waals surface area contributed by atoms with Crippen LogP contribution < -0.4 is 5.32 Å². The minimum atomic E-state index is 0.212. The van der Waals surface area contributed by atoms with Crippen LogP contribution in [0.3, 0.4) is 0 Å². The fourth-order valence-electron chi connectivity index (χ4n) is 1.11. The molecule has 0 bridgehead atoms. The predicted molar refractivity (Wildman–Crippen MR) is 51.9 cm³/mol. The molecule has 0 unspecified atom stereocenters. The molecule has 0 aromatic heterocycles. The molecule has 12 heavy (non-hydrogen) atoms. The summed E-state index contributed by atoms with van der Waals surface area (Å²) in [6.45, 7) is 9.13. The fourth-order valence-corrected chi connectivity index (χ4v) is 1.11. The van der Waals surface area contributed by atoms with Crippen LogP contribution in [-0.2, 0) is 4.79 Å². The van der Waals surface area contributed by atoms with E-state index in [1.165, 1.54) is 0 Å². The van der Waals surface area contributed by atoms with Crippen molar-refractivity contribution in [3.05, 3.63) is 0 Å². The zero-order valence-electron chi connectivity index (χ0n) is 8.68. The normalized spacial score (nSPS) is 10.8. The Labute approximate surface area is 75.7 Å². The van der Waals surface area contributed by atoms with Gasteiger partial charge in [0.05, 0.1) is 0 Å². The lowest BCUT2D eigenvalue weighted by Crippen LogP contribution is -2.32. The monoisotopic (exact) mass is 171 g/mol. The standard InChI is InChI=1S/C10H21NO/c1-5-9(6-2)10(12)11-7-8(3)4/h8-9H,5-7H2,1-4H3,(H,11,12). The molecular weight excluding hydrogens is 150 g/mol. The van der Waals surface area contributed by atoms with Crippen LogP contribution in [0.1, 0.15) is 40.5 Å². The molecule has 0 atom stereocenters. The summed E-state index contributed by atoms with van der Waals surface area (Å²) in [4.78, 5) is 11.4. The largest absolute Gasteiger partial charge is 0.356 e. The average molecular weight is 171 g/mol. The van der Waals surface area contributed by atoms with E-state index in [0.717, 1.165) is 19.4 Å². The van der Waals surface area contributed by atoms with Crippen LogP contribution in [0.2, 0.25) is 0 Å². The first kappa shape index (κ1) is 11.5. The Kier molecular flexibility index (Phi) is 5.77. The van der Waals surface area contributed by atoms with Crippen LogP contribution in [0.15, 0.2) is 0 Å². The highest BCUT2D eigenvalue weighted by atomic mass is 16.1. The summed E-state index contributed by atoms with van der Waals surface area (Å²) >= 11 is 0. The van der Waals surface area contributed by atoms with Crippen molar-refractivity contribution in [1.29, 1.82) is 0 Å². The third-order valence-electron chi connectivity index (χ3n) is 2.04. The van der Waals surface area contributed by atoms with Crippen LogP contribution in [-0.4, -0.2) is 12.5 Å². The molecule has 0 aromatic carbocycles. The summed E-state index contributed by atoms with van der Waals surface area (Å²) in [6.07, 6.45) is 1.89. The molecule has 1 amide bonds. The first-order chi connectivity index (χ1) is 5.61. The smallest absolute Gasteiger partial charge is 0.223 e. The van der Waals surface area contributed by atoms with E-state index in [2.05, 4.69) is 33.0 Å². The molecule has 0 aliphatic rings. The number of hydrogen-bond acceptors (Lipinski definition) is 1. The lowest BCUT2D eigenvalue weighted by molar-refractivity contribution is -0.125. The van der Waals surface area contributed by atoms with Gasteiger partial charge in [-0.25, -0.2) is 0 Å². The Bertz CT molecular complexity index is 128. The third kappa shape index (κ3) is 4.37. The van der Waals surface area contributed by atoms with Crippen molar-refractivity contribution in [3.63, 3.8) is 0 Å². The van der Waals surface area contributed by atoms with Crippen molar-refractivity contribution in [2.75, 3.05) is 6.54 Å². The highest BCUT2D eigenvalue weighted by molar-refractivity contribution is 5.78. The Morgan fingerprint density at radius 2 is 1.75 bits per heavy atom. The van der Waals surface area contributed by atoms with Crippen molar-refractivity contribution >= 4 is 5.91 Å². The van der Waals surface area contributed by atoms with Crippen molar-refractivity contribution in [2.24, 2.45) is 11.8 Å². The molecule has 0 fully saturated rings. The maximum absolute atomic E-state index is 11.4. The van der Waals surface area contributed by atoms with Gasteiger partial charge in [0.15, 0.2) is 0 Å². The lowest BCUT2D eigenvalue weighted by atomic mass is 10.0. The van der Waals surface area contributed by atoms with Gasteiger partial charge in [0.25, 0.3) is 0 Å².